The molecule has 5 N–H and O–H groups in total. The van der Waals surface area contributed by atoms with Crippen LogP contribution in [0.15, 0.2) is 6.33 Å². The van der Waals surface area contributed by atoms with E-state index >= 15 is 0 Å². The van der Waals surface area contributed by atoms with Crippen molar-refractivity contribution < 1.29 is 29.3 Å². The molecule has 4 atom stereocenters. The number of carbonyl (C=O) groups is 2. The molecule has 35 heavy (non-hydrogen) atoms. The number of rotatable bonds is 6. The van der Waals surface area contributed by atoms with Gasteiger partial charge in [-0.25, -0.2) is 19.7 Å². The Balaban J connectivity index is 1.57. The van der Waals surface area contributed by atoms with Crippen molar-refractivity contribution in [1.82, 2.24) is 29.7 Å². The van der Waals surface area contributed by atoms with Crippen LogP contribution in [0.2, 0.25) is 0 Å². The van der Waals surface area contributed by atoms with Crippen molar-refractivity contribution in [3.05, 3.63) is 12.2 Å². The number of aliphatic hydroxyl groups is 2. The molecule has 13 nitrogen and oxygen atoms in total. The number of aromatic nitrogens is 4. The van der Waals surface area contributed by atoms with E-state index in [0.717, 1.165) is 12.8 Å². The van der Waals surface area contributed by atoms with Crippen LogP contribution < -0.4 is 11.1 Å². The minimum atomic E-state index is -1.43. The van der Waals surface area contributed by atoms with E-state index in [0.29, 0.717) is 6.54 Å². The van der Waals surface area contributed by atoms with Crippen molar-refractivity contribution in [3.63, 3.8) is 0 Å². The summed E-state index contributed by atoms with van der Waals surface area (Å²) < 4.78 is 11.9. The molecule has 2 unspecified atom stereocenters. The predicted octanol–water partition coefficient (Wildman–Crippen LogP) is -0.618. The fourth-order valence-electron chi connectivity index (χ4n) is 3.78. The smallest absolute Gasteiger partial charge is 0.410 e. The highest BCUT2D eigenvalue weighted by atomic mass is 16.6. The maximum atomic E-state index is 12.4. The Bertz CT molecular complexity index is 1170. The molecule has 2 amide bonds. The van der Waals surface area contributed by atoms with Gasteiger partial charge in [-0.05, 0) is 24.7 Å². The first-order valence-electron chi connectivity index (χ1n) is 11.3. The molecule has 2 aliphatic rings. The fourth-order valence-corrected chi connectivity index (χ4v) is 3.78. The largest absolute Gasteiger partial charge is 0.453 e. The first-order chi connectivity index (χ1) is 16.7. The molecule has 0 spiro atoms. The van der Waals surface area contributed by atoms with Gasteiger partial charge >= 0.3 is 6.09 Å². The number of nitrogen functional groups attached to an aromatic ring is 1. The number of ether oxygens (including phenoxy) is 2. The third kappa shape index (κ3) is 5.29. The molecule has 2 fully saturated rings. The van der Waals surface area contributed by atoms with Crippen LogP contribution >= 0.6 is 0 Å². The first kappa shape index (κ1) is 24.6. The van der Waals surface area contributed by atoms with Crippen LogP contribution in [0, 0.1) is 17.8 Å². The minimum absolute atomic E-state index is 0.0566. The van der Waals surface area contributed by atoms with Gasteiger partial charge in [0.05, 0.1) is 20.0 Å². The number of nitrogens with two attached hydrogens (primary N) is 1. The number of hydrogen-bond donors (Lipinski definition) is 4. The fraction of sp³-hybridized carbons (Fsp3) is 0.591. The Morgan fingerprint density at radius 1 is 1.34 bits per heavy atom. The number of nitrogens with zero attached hydrogens (tertiary/aromatic N) is 5. The van der Waals surface area contributed by atoms with E-state index in [1.807, 2.05) is 13.8 Å². The molecule has 3 heterocycles. The first-order valence-corrected chi connectivity index (χ1v) is 11.3. The van der Waals surface area contributed by atoms with Gasteiger partial charge in [-0.3, -0.25) is 14.3 Å². The molecule has 188 valence electrons. The summed E-state index contributed by atoms with van der Waals surface area (Å²) in [6.45, 7) is 4.50. The van der Waals surface area contributed by atoms with Gasteiger partial charge in [0.15, 0.2) is 23.8 Å². The topological polar surface area (TPSA) is 178 Å². The molecule has 1 aliphatic heterocycles. The van der Waals surface area contributed by atoms with Crippen LogP contribution in [0.5, 0.6) is 0 Å². The van der Waals surface area contributed by atoms with Crippen LogP contribution in [-0.4, -0.2) is 91.2 Å². The molecule has 1 saturated carbocycles. The van der Waals surface area contributed by atoms with Crippen LogP contribution in [0.4, 0.5) is 10.6 Å². The van der Waals surface area contributed by atoms with Crippen LogP contribution in [0.3, 0.4) is 0 Å². The van der Waals surface area contributed by atoms with E-state index in [1.165, 1.54) is 22.9 Å². The van der Waals surface area contributed by atoms with Crippen LogP contribution in [-0.2, 0) is 14.3 Å². The monoisotopic (exact) mass is 487 g/mol. The molecular weight excluding hydrogens is 458 g/mol. The van der Waals surface area contributed by atoms with Gasteiger partial charge in [0, 0.05) is 12.6 Å². The molecule has 4 rings (SSSR count). The number of carbonyl (C=O) groups excluding carboxylic acids is 2. The molecule has 0 radical (unpaired) electrons. The van der Waals surface area contributed by atoms with E-state index < -0.39 is 36.5 Å². The predicted molar refractivity (Wildman–Crippen MR) is 123 cm³/mol. The zero-order valence-corrected chi connectivity index (χ0v) is 19.7. The summed E-state index contributed by atoms with van der Waals surface area (Å²) in [6.07, 6.45) is -2.59. The lowest BCUT2D eigenvalue weighted by Crippen LogP contribution is -2.43. The van der Waals surface area contributed by atoms with Crippen molar-refractivity contribution in [1.29, 1.82) is 0 Å². The Labute approximate surface area is 201 Å². The number of methoxy groups -OCH3 is 1. The maximum absolute atomic E-state index is 12.4. The van der Waals surface area contributed by atoms with E-state index in [-0.39, 0.29) is 41.3 Å². The number of imidazole rings is 1. The molecular formula is C22H29N7O6. The number of aliphatic hydroxyl groups excluding tert-OH is 2. The summed E-state index contributed by atoms with van der Waals surface area (Å²) in [5, 5.41) is 23.8. The van der Waals surface area contributed by atoms with Crippen molar-refractivity contribution in [2.24, 2.45) is 5.92 Å². The SMILES string of the molecule is COC(=O)N(CC#Cc1nc(N)c2ncn([C@@H]3O[C@H](C(=O)NC4CC4)C(O)C3O)c2n1)CC(C)C. The third-order valence-corrected chi connectivity index (χ3v) is 5.63. The van der Waals surface area contributed by atoms with Gasteiger partial charge in [0.2, 0.25) is 5.82 Å². The van der Waals surface area contributed by atoms with Gasteiger partial charge in [0.1, 0.15) is 17.7 Å². The minimum Gasteiger partial charge on any atom is -0.453 e. The normalized spacial score (nSPS) is 23.7. The summed E-state index contributed by atoms with van der Waals surface area (Å²) in [6, 6.07) is 0.0767. The van der Waals surface area contributed by atoms with Crippen molar-refractivity contribution in [2.45, 2.75) is 57.3 Å². The highest BCUT2D eigenvalue weighted by Gasteiger charge is 2.48. The average Bonchev–Trinajstić information content (AvgIpc) is 3.45. The Morgan fingerprint density at radius 3 is 2.74 bits per heavy atom. The summed E-state index contributed by atoms with van der Waals surface area (Å²) in [7, 11) is 1.30. The highest BCUT2D eigenvalue weighted by Crippen LogP contribution is 2.33. The second-order valence-corrected chi connectivity index (χ2v) is 9.01. The summed E-state index contributed by atoms with van der Waals surface area (Å²) in [5.41, 5.74) is 6.51. The lowest BCUT2D eigenvalue weighted by atomic mass is 10.1. The number of anilines is 1. The molecule has 0 aromatic carbocycles. The Kier molecular flexibility index (Phi) is 7.06. The molecule has 13 heteroatoms. The molecule has 1 saturated heterocycles. The van der Waals surface area contributed by atoms with E-state index in [4.69, 9.17) is 15.2 Å². The number of hydrogen-bond acceptors (Lipinski definition) is 10. The average molecular weight is 488 g/mol. The van der Waals surface area contributed by atoms with Crippen molar-refractivity contribution in [3.8, 4) is 11.8 Å². The molecule has 1 aliphatic carbocycles. The number of fused-ring (bicyclic) bond motifs is 1. The second kappa shape index (κ2) is 10.0. The standard InChI is InChI=1S/C22H29N7O6/c1-11(2)9-28(22(33)34-3)8-4-5-13-26-18(23)14-19(27-13)29(10-24-14)21-16(31)15(30)17(35-21)20(32)25-12-6-7-12/h10-12,15-17,21,30-31H,6-9H2,1-3H3,(H,25,32)(H2,23,26,27)/t15?,16?,17-,21+/m0/s1. The Hall–Kier alpha value is -3.47. The lowest BCUT2D eigenvalue weighted by molar-refractivity contribution is -0.137. The molecule has 0 bridgehead atoms. The summed E-state index contributed by atoms with van der Waals surface area (Å²) in [5.74, 6) is 5.50. The zero-order valence-electron chi connectivity index (χ0n) is 19.7. The maximum Gasteiger partial charge on any atom is 0.410 e. The van der Waals surface area contributed by atoms with Gasteiger partial charge in [0.25, 0.3) is 5.91 Å². The van der Waals surface area contributed by atoms with Crippen molar-refractivity contribution >= 4 is 29.0 Å². The number of amides is 2. The van der Waals surface area contributed by atoms with Gasteiger partial charge in [-0.1, -0.05) is 19.8 Å². The number of nitrogens with one attached hydrogen (secondary N) is 1. The van der Waals surface area contributed by atoms with Crippen LogP contribution in [0.1, 0.15) is 38.7 Å². The van der Waals surface area contributed by atoms with Gasteiger partial charge < -0.3 is 30.7 Å². The lowest BCUT2D eigenvalue weighted by Gasteiger charge is -2.20. The van der Waals surface area contributed by atoms with Gasteiger partial charge in [-0.15, -0.1) is 0 Å². The Morgan fingerprint density at radius 2 is 2.09 bits per heavy atom. The molecule has 2 aromatic heterocycles. The summed E-state index contributed by atoms with van der Waals surface area (Å²) in [4.78, 5) is 38.5. The van der Waals surface area contributed by atoms with Crippen LogP contribution in [0.25, 0.3) is 11.2 Å². The van der Waals surface area contributed by atoms with E-state index in [1.54, 1.807) is 0 Å². The zero-order chi connectivity index (χ0) is 25.3. The molecule has 2 aromatic rings. The third-order valence-electron chi connectivity index (χ3n) is 5.63. The van der Waals surface area contributed by atoms with E-state index in [9.17, 15) is 19.8 Å². The quantitative estimate of drug-likeness (QED) is 0.384. The van der Waals surface area contributed by atoms with Gasteiger partial charge in [-0.2, -0.15) is 0 Å². The van der Waals surface area contributed by atoms with Crippen molar-refractivity contribution in [2.75, 3.05) is 25.9 Å². The second-order valence-electron chi connectivity index (χ2n) is 9.01. The summed E-state index contributed by atoms with van der Waals surface area (Å²) >= 11 is 0. The highest BCUT2D eigenvalue weighted by molar-refractivity contribution is 5.83. The van der Waals surface area contributed by atoms with E-state index in [2.05, 4.69) is 32.1 Å².